The Morgan fingerprint density at radius 2 is 1.26 bits per heavy atom. The minimum atomic E-state index is -6.04. The molecule has 0 saturated heterocycles. The van der Waals surface area contributed by atoms with E-state index in [-0.39, 0.29) is 16.9 Å². The van der Waals surface area contributed by atoms with Gasteiger partial charge in [0.2, 0.25) is 0 Å². The highest BCUT2D eigenvalue weighted by Gasteiger charge is 2.71. The molecule has 0 aliphatic rings. The average Bonchev–Trinajstić information content (AvgIpc) is 2.77. The van der Waals surface area contributed by atoms with Gasteiger partial charge in [0.1, 0.15) is 0 Å². The average molecular weight is 502 g/mol. The normalized spacial score (nSPS) is 14.1. The monoisotopic (exact) mass is 502 g/mol. The second-order valence-corrected chi connectivity index (χ2v) is 9.99. The summed E-state index contributed by atoms with van der Waals surface area (Å²) in [4.78, 5) is -0.0433. The van der Waals surface area contributed by atoms with Crippen LogP contribution in [0.3, 0.4) is 0 Å². The van der Waals surface area contributed by atoms with Crippen LogP contribution in [0, 0.1) is 6.92 Å². The molecule has 0 fully saturated rings. The second-order valence-electron chi connectivity index (χ2n) is 7.86. The zero-order valence-corrected chi connectivity index (χ0v) is 18.5. The molecular weight excluding hydrogens is 482 g/mol. The van der Waals surface area contributed by atoms with Crippen molar-refractivity contribution in [3.05, 3.63) is 101 Å². The number of aliphatic hydroxyl groups is 1. The van der Waals surface area contributed by atoms with E-state index in [9.17, 15) is 39.9 Å². The van der Waals surface area contributed by atoms with Gasteiger partial charge in [-0.25, -0.2) is 8.42 Å². The third-order valence-electron chi connectivity index (χ3n) is 5.51. The Morgan fingerprint density at radius 3 is 1.74 bits per heavy atom. The molecule has 1 unspecified atom stereocenters. The Kier molecular flexibility index (Phi) is 6.87. The lowest BCUT2D eigenvalue weighted by Crippen LogP contribution is -2.53. The number of halogens is 6. The van der Waals surface area contributed by atoms with Crippen LogP contribution in [0.5, 0.6) is 0 Å². The maximum absolute atomic E-state index is 13.4. The third-order valence-corrected chi connectivity index (χ3v) is 7.63. The van der Waals surface area contributed by atoms with Gasteiger partial charge < -0.3 is 5.11 Å². The molecule has 182 valence electrons. The molecular formula is C24H20F6O3S. The summed E-state index contributed by atoms with van der Waals surface area (Å²) in [7, 11) is -4.07. The summed E-state index contributed by atoms with van der Waals surface area (Å²) in [5.41, 5.74) is -5.03. The van der Waals surface area contributed by atoms with Gasteiger partial charge in [-0.3, -0.25) is 0 Å². The molecule has 0 aliphatic heterocycles. The van der Waals surface area contributed by atoms with Crippen molar-refractivity contribution >= 4 is 9.84 Å². The van der Waals surface area contributed by atoms with Crippen LogP contribution >= 0.6 is 0 Å². The van der Waals surface area contributed by atoms with Crippen molar-refractivity contribution in [2.75, 3.05) is 0 Å². The van der Waals surface area contributed by atoms with E-state index in [1.165, 1.54) is 24.3 Å². The van der Waals surface area contributed by atoms with Gasteiger partial charge in [-0.1, -0.05) is 72.3 Å². The summed E-state index contributed by atoms with van der Waals surface area (Å²) in [6, 6.07) is 16.9. The fourth-order valence-electron chi connectivity index (χ4n) is 3.55. The zero-order valence-electron chi connectivity index (χ0n) is 17.7. The Balaban J connectivity index is 2.11. The van der Waals surface area contributed by atoms with Gasteiger partial charge in [-0.05, 0) is 36.6 Å². The van der Waals surface area contributed by atoms with Crippen LogP contribution in [-0.4, -0.2) is 25.9 Å². The van der Waals surface area contributed by atoms with Crippen LogP contribution in [0.15, 0.2) is 83.8 Å². The summed E-state index contributed by atoms with van der Waals surface area (Å²) in [6.07, 6.45) is -12.1. The van der Waals surface area contributed by atoms with Gasteiger partial charge >= 0.3 is 12.4 Å². The van der Waals surface area contributed by atoms with Crippen LogP contribution in [0.1, 0.15) is 27.5 Å². The largest absolute Gasteiger partial charge is 0.430 e. The van der Waals surface area contributed by atoms with E-state index < -0.39 is 38.6 Å². The molecule has 3 aromatic rings. The van der Waals surface area contributed by atoms with E-state index in [4.69, 9.17) is 0 Å². The van der Waals surface area contributed by atoms with Gasteiger partial charge in [0.15, 0.2) is 9.84 Å². The Morgan fingerprint density at radius 1 is 0.765 bits per heavy atom. The fraction of sp³-hybridized carbons (Fsp3) is 0.250. The number of aryl methyl sites for hydroxylation is 1. The highest BCUT2D eigenvalue weighted by atomic mass is 32.2. The van der Waals surface area contributed by atoms with Gasteiger partial charge in [0.25, 0.3) is 5.60 Å². The molecule has 0 aliphatic carbocycles. The molecule has 3 rings (SSSR count). The van der Waals surface area contributed by atoms with Crippen LogP contribution in [0.2, 0.25) is 0 Å². The Labute approximate surface area is 192 Å². The first kappa shape index (κ1) is 25.8. The standard InChI is InChI=1S/C24H20F6O3S/c1-16-7-9-17(10-8-16)15-21(34(32,33)20-5-3-2-4-6-20)18-11-13-19(14-12-18)22(31,23(25,26)27)24(28,29)30/h2-14,21,31H,15H2,1H3. The number of rotatable bonds is 6. The molecule has 0 radical (unpaired) electrons. The van der Waals surface area contributed by atoms with Crippen molar-refractivity contribution in [2.45, 2.75) is 41.4 Å². The molecule has 1 N–H and O–H groups in total. The van der Waals surface area contributed by atoms with Gasteiger partial charge in [-0.2, -0.15) is 26.3 Å². The number of benzene rings is 3. The summed E-state index contributed by atoms with van der Waals surface area (Å²) < 4.78 is 106. The van der Waals surface area contributed by atoms with Crippen molar-refractivity contribution in [1.82, 2.24) is 0 Å². The first-order valence-corrected chi connectivity index (χ1v) is 11.5. The minimum absolute atomic E-state index is 0.0140. The number of alkyl halides is 6. The second kappa shape index (κ2) is 9.07. The van der Waals surface area contributed by atoms with Crippen molar-refractivity contribution in [3.63, 3.8) is 0 Å². The highest BCUT2D eigenvalue weighted by Crippen LogP contribution is 2.50. The summed E-state index contributed by atoms with van der Waals surface area (Å²) in [5.74, 6) is 0. The molecule has 0 saturated carbocycles. The lowest BCUT2D eigenvalue weighted by atomic mass is 9.91. The number of sulfone groups is 1. The van der Waals surface area contributed by atoms with E-state index in [0.717, 1.165) is 17.7 Å². The first-order chi connectivity index (χ1) is 15.7. The van der Waals surface area contributed by atoms with Gasteiger partial charge in [-0.15, -0.1) is 0 Å². The lowest BCUT2D eigenvalue weighted by molar-refractivity contribution is -0.376. The molecule has 10 heteroatoms. The number of hydrogen-bond acceptors (Lipinski definition) is 3. The van der Waals surface area contributed by atoms with E-state index >= 15 is 0 Å². The molecule has 3 aromatic carbocycles. The van der Waals surface area contributed by atoms with Gasteiger partial charge in [0, 0.05) is 5.56 Å². The third kappa shape index (κ3) is 4.83. The Hall–Kier alpha value is -2.85. The van der Waals surface area contributed by atoms with Crippen LogP contribution in [-0.2, 0) is 21.9 Å². The molecule has 1 atom stereocenters. The van der Waals surface area contributed by atoms with Crippen molar-refractivity contribution in [3.8, 4) is 0 Å². The topological polar surface area (TPSA) is 54.4 Å². The van der Waals surface area contributed by atoms with Crippen LogP contribution in [0.4, 0.5) is 26.3 Å². The maximum Gasteiger partial charge on any atom is 0.430 e. The summed E-state index contributed by atoms with van der Waals surface area (Å²) in [5, 5.41) is 8.32. The minimum Gasteiger partial charge on any atom is -0.369 e. The van der Waals surface area contributed by atoms with E-state index in [0.29, 0.717) is 17.7 Å². The SMILES string of the molecule is Cc1ccc(CC(c2ccc(C(O)(C(F)(F)F)C(F)(F)F)cc2)S(=O)(=O)c2ccccc2)cc1. The van der Waals surface area contributed by atoms with Crippen LogP contribution < -0.4 is 0 Å². The predicted octanol–water partition coefficient (Wildman–Crippen LogP) is 6.06. The number of hydrogen-bond donors (Lipinski definition) is 1. The zero-order chi connectivity index (χ0) is 25.4. The van der Waals surface area contributed by atoms with E-state index in [1.54, 1.807) is 30.3 Å². The molecule has 0 amide bonds. The quantitative estimate of drug-likeness (QED) is 0.417. The fourth-order valence-corrected chi connectivity index (χ4v) is 5.34. The lowest BCUT2D eigenvalue weighted by Gasteiger charge is -2.32. The Bertz CT molecular complexity index is 1200. The maximum atomic E-state index is 13.4. The van der Waals surface area contributed by atoms with Gasteiger partial charge in [0.05, 0.1) is 10.1 Å². The molecule has 34 heavy (non-hydrogen) atoms. The molecule has 0 spiro atoms. The summed E-state index contributed by atoms with van der Waals surface area (Å²) in [6.45, 7) is 1.84. The molecule has 0 bridgehead atoms. The van der Waals surface area contributed by atoms with E-state index in [2.05, 4.69) is 0 Å². The summed E-state index contributed by atoms with van der Waals surface area (Å²) >= 11 is 0. The van der Waals surface area contributed by atoms with Crippen molar-refractivity contribution in [1.29, 1.82) is 0 Å². The van der Waals surface area contributed by atoms with Crippen LogP contribution in [0.25, 0.3) is 0 Å². The first-order valence-electron chi connectivity index (χ1n) is 9.98. The molecule has 0 heterocycles. The molecule has 3 nitrogen and oxygen atoms in total. The van der Waals surface area contributed by atoms with E-state index in [1.807, 2.05) is 6.92 Å². The predicted molar refractivity (Wildman–Crippen MR) is 114 cm³/mol. The van der Waals surface area contributed by atoms with Crippen molar-refractivity contribution in [2.24, 2.45) is 0 Å². The smallest absolute Gasteiger partial charge is 0.369 e. The highest BCUT2D eigenvalue weighted by molar-refractivity contribution is 7.91. The molecule has 0 aromatic heterocycles. The van der Waals surface area contributed by atoms with Crippen molar-refractivity contribution < 1.29 is 39.9 Å².